The molecule has 0 aliphatic carbocycles. The third-order valence-corrected chi connectivity index (χ3v) is 6.44. The Morgan fingerprint density at radius 2 is 1.79 bits per heavy atom. The topological polar surface area (TPSA) is 75.9 Å². The fraction of sp³-hybridized carbons (Fsp3) is 0.500. The summed E-state index contributed by atoms with van der Waals surface area (Å²) < 4.78 is 5.67. The summed E-state index contributed by atoms with van der Waals surface area (Å²) in [7, 11) is 1.69. The van der Waals surface area contributed by atoms with Gasteiger partial charge in [0.2, 0.25) is 5.91 Å². The van der Waals surface area contributed by atoms with Crippen LogP contribution in [0.5, 0.6) is 5.75 Å². The van der Waals surface area contributed by atoms with Crippen molar-refractivity contribution in [3.05, 3.63) is 69.8 Å². The molecular formula is C26H35N3O4. The minimum absolute atomic E-state index is 0.0465. The van der Waals surface area contributed by atoms with Crippen LogP contribution < -0.4 is 4.74 Å². The van der Waals surface area contributed by atoms with E-state index in [4.69, 9.17) is 4.74 Å². The molecule has 2 unspecified atom stereocenters. The van der Waals surface area contributed by atoms with E-state index in [1.165, 1.54) is 0 Å². The van der Waals surface area contributed by atoms with Crippen molar-refractivity contribution in [1.29, 1.82) is 0 Å². The van der Waals surface area contributed by atoms with Crippen molar-refractivity contribution in [2.75, 3.05) is 26.7 Å². The zero-order valence-electron chi connectivity index (χ0n) is 20.2. The van der Waals surface area contributed by atoms with Crippen LogP contribution in [0.1, 0.15) is 44.7 Å². The number of carbonyl (C=O) groups is 1. The number of nitrogens with zero attached hydrogens (tertiary/aromatic N) is 3. The van der Waals surface area contributed by atoms with Gasteiger partial charge in [-0.15, -0.1) is 0 Å². The van der Waals surface area contributed by atoms with Gasteiger partial charge in [-0.25, -0.2) is 0 Å². The number of methoxy groups -OCH3 is 1. The van der Waals surface area contributed by atoms with E-state index in [-0.39, 0.29) is 40.3 Å². The van der Waals surface area contributed by atoms with Crippen molar-refractivity contribution in [3.8, 4) is 5.75 Å². The Hall–Kier alpha value is -2.93. The average Bonchev–Trinajstić information content (AvgIpc) is 3.18. The van der Waals surface area contributed by atoms with Crippen LogP contribution in [0.25, 0.3) is 0 Å². The van der Waals surface area contributed by atoms with Gasteiger partial charge >= 0.3 is 0 Å². The first-order valence-electron chi connectivity index (χ1n) is 11.6. The van der Waals surface area contributed by atoms with Gasteiger partial charge in [0.1, 0.15) is 5.75 Å². The van der Waals surface area contributed by atoms with E-state index in [0.717, 1.165) is 30.0 Å². The predicted octanol–water partition coefficient (Wildman–Crippen LogP) is 4.71. The summed E-state index contributed by atoms with van der Waals surface area (Å²) in [6, 6.07) is 15.0. The molecule has 2 aromatic rings. The largest absolute Gasteiger partial charge is 0.496 e. The van der Waals surface area contributed by atoms with Crippen molar-refractivity contribution < 1.29 is 14.5 Å². The molecule has 7 nitrogen and oxygen atoms in total. The standard InChI is InChI=1S/C26H35N3O4/c1-18(2)26(30)28(19(3)4)16-21-15-27(14-20-10-12-22(13-11-20)29(31)32)17-24(21)23-8-6-7-9-25(23)33-5/h6-13,18-19,21,24H,14-17H2,1-5H3. The van der Waals surface area contributed by atoms with Gasteiger partial charge in [0, 0.05) is 56.2 Å². The Labute approximate surface area is 196 Å². The molecule has 1 amide bonds. The molecule has 3 rings (SSSR count). The van der Waals surface area contributed by atoms with E-state index in [1.54, 1.807) is 19.2 Å². The lowest BCUT2D eigenvalue weighted by atomic mass is 9.87. The SMILES string of the molecule is COc1ccccc1C1CN(Cc2ccc([N+](=O)[O-])cc2)CC1CN(C(=O)C(C)C)C(C)C. The number of carbonyl (C=O) groups excluding carboxylic acids is 1. The summed E-state index contributed by atoms with van der Waals surface area (Å²) in [5.74, 6) is 1.48. The molecule has 0 saturated carbocycles. The van der Waals surface area contributed by atoms with Gasteiger partial charge in [0.15, 0.2) is 0 Å². The molecule has 1 fully saturated rings. The number of likely N-dealkylation sites (tertiary alicyclic amines) is 1. The number of nitro benzene ring substituents is 1. The van der Waals surface area contributed by atoms with Crippen LogP contribution in [0.2, 0.25) is 0 Å². The fourth-order valence-electron chi connectivity index (χ4n) is 4.72. The Bertz CT molecular complexity index is 958. The minimum Gasteiger partial charge on any atom is -0.496 e. The van der Waals surface area contributed by atoms with Gasteiger partial charge in [0.05, 0.1) is 12.0 Å². The Morgan fingerprint density at radius 3 is 2.36 bits per heavy atom. The smallest absolute Gasteiger partial charge is 0.269 e. The van der Waals surface area contributed by atoms with Gasteiger partial charge in [0.25, 0.3) is 5.69 Å². The maximum Gasteiger partial charge on any atom is 0.269 e. The molecule has 0 bridgehead atoms. The van der Waals surface area contributed by atoms with Crippen LogP contribution in [0.15, 0.2) is 48.5 Å². The first-order valence-corrected chi connectivity index (χ1v) is 11.6. The van der Waals surface area contributed by atoms with Crippen molar-refractivity contribution in [1.82, 2.24) is 9.80 Å². The second-order valence-electron chi connectivity index (χ2n) is 9.47. The number of hydrogen-bond acceptors (Lipinski definition) is 5. The zero-order chi connectivity index (χ0) is 24.1. The minimum atomic E-state index is -0.375. The molecule has 178 valence electrons. The van der Waals surface area contributed by atoms with Gasteiger partial charge in [-0.05, 0) is 37.0 Å². The lowest BCUT2D eigenvalue weighted by Gasteiger charge is -2.33. The van der Waals surface area contributed by atoms with Gasteiger partial charge < -0.3 is 9.64 Å². The second kappa shape index (κ2) is 10.8. The van der Waals surface area contributed by atoms with Crippen LogP contribution in [0.4, 0.5) is 5.69 Å². The highest BCUT2D eigenvalue weighted by atomic mass is 16.6. The highest BCUT2D eigenvalue weighted by Gasteiger charge is 2.37. The van der Waals surface area contributed by atoms with Gasteiger partial charge in [-0.1, -0.05) is 44.2 Å². The number of non-ortho nitro benzene ring substituents is 1. The Morgan fingerprint density at radius 1 is 1.12 bits per heavy atom. The van der Waals surface area contributed by atoms with Gasteiger partial charge in [-0.3, -0.25) is 19.8 Å². The maximum absolute atomic E-state index is 12.9. The lowest BCUT2D eigenvalue weighted by molar-refractivity contribution is -0.384. The fourth-order valence-corrected chi connectivity index (χ4v) is 4.72. The lowest BCUT2D eigenvalue weighted by Crippen LogP contribution is -2.43. The van der Waals surface area contributed by atoms with Gasteiger partial charge in [-0.2, -0.15) is 0 Å². The highest BCUT2D eigenvalue weighted by molar-refractivity contribution is 5.78. The summed E-state index contributed by atoms with van der Waals surface area (Å²) >= 11 is 0. The highest BCUT2D eigenvalue weighted by Crippen LogP contribution is 2.39. The van der Waals surface area contributed by atoms with Crippen LogP contribution in [-0.4, -0.2) is 53.4 Å². The predicted molar refractivity (Wildman–Crippen MR) is 129 cm³/mol. The molecule has 1 aliphatic heterocycles. The van der Waals surface area contributed by atoms with E-state index < -0.39 is 0 Å². The number of para-hydroxylation sites is 1. The summed E-state index contributed by atoms with van der Waals surface area (Å²) in [5, 5.41) is 11.0. The summed E-state index contributed by atoms with van der Waals surface area (Å²) in [6.45, 7) is 11.1. The molecule has 1 aliphatic rings. The van der Waals surface area contributed by atoms with E-state index in [1.807, 2.05) is 49.1 Å². The zero-order valence-corrected chi connectivity index (χ0v) is 20.2. The molecule has 1 heterocycles. The number of amides is 1. The number of hydrogen-bond donors (Lipinski definition) is 0. The van der Waals surface area contributed by atoms with Crippen LogP contribution in [-0.2, 0) is 11.3 Å². The molecule has 0 N–H and O–H groups in total. The van der Waals surface area contributed by atoms with Crippen LogP contribution in [0.3, 0.4) is 0 Å². The first-order chi connectivity index (χ1) is 15.7. The summed E-state index contributed by atoms with van der Waals surface area (Å²) in [4.78, 5) is 27.9. The van der Waals surface area contributed by atoms with E-state index in [9.17, 15) is 14.9 Å². The van der Waals surface area contributed by atoms with Crippen molar-refractivity contribution in [3.63, 3.8) is 0 Å². The number of nitro groups is 1. The summed E-state index contributed by atoms with van der Waals surface area (Å²) in [6.07, 6.45) is 0. The van der Waals surface area contributed by atoms with E-state index >= 15 is 0 Å². The quantitative estimate of drug-likeness (QED) is 0.406. The normalized spacial score (nSPS) is 18.6. The average molecular weight is 454 g/mol. The van der Waals surface area contributed by atoms with E-state index in [2.05, 4.69) is 24.8 Å². The summed E-state index contributed by atoms with van der Waals surface area (Å²) in [5.41, 5.74) is 2.31. The Balaban J connectivity index is 1.86. The third-order valence-electron chi connectivity index (χ3n) is 6.44. The van der Waals surface area contributed by atoms with Crippen molar-refractivity contribution in [2.24, 2.45) is 11.8 Å². The molecule has 0 radical (unpaired) electrons. The Kier molecular flexibility index (Phi) is 8.08. The molecule has 7 heteroatoms. The molecule has 0 aromatic heterocycles. The molecule has 1 saturated heterocycles. The molecule has 2 atom stereocenters. The molecular weight excluding hydrogens is 418 g/mol. The molecule has 33 heavy (non-hydrogen) atoms. The van der Waals surface area contributed by atoms with Crippen LogP contribution >= 0.6 is 0 Å². The first kappa shape index (κ1) is 24.7. The maximum atomic E-state index is 12.9. The number of benzene rings is 2. The molecule has 0 spiro atoms. The monoisotopic (exact) mass is 453 g/mol. The van der Waals surface area contributed by atoms with Crippen molar-refractivity contribution in [2.45, 2.75) is 46.2 Å². The number of rotatable bonds is 9. The third kappa shape index (κ3) is 5.90. The second-order valence-corrected chi connectivity index (χ2v) is 9.47. The number of ether oxygens (including phenoxy) is 1. The van der Waals surface area contributed by atoms with E-state index in [0.29, 0.717) is 13.1 Å². The van der Waals surface area contributed by atoms with Crippen LogP contribution in [0, 0.1) is 22.0 Å². The molecule has 2 aromatic carbocycles. The van der Waals surface area contributed by atoms with Crippen molar-refractivity contribution >= 4 is 11.6 Å².